The van der Waals surface area contributed by atoms with E-state index in [4.69, 9.17) is 4.74 Å². The van der Waals surface area contributed by atoms with Gasteiger partial charge in [-0.2, -0.15) is 0 Å². The Hall–Kier alpha value is -1.14. The van der Waals surface area contributed by atoms with E-state index >= 15 is 0 Å². The fourth-order valence-corrected chi connectivity index (χ4v) is 2.96. The van der Waals surface area contributed by atoms with Crippen LogP contribution < -0.4 is 0 Å². The second-order valence-electron chi connectivity index (χ2n) is 6.77. The molecule has 0 radical (unpaired) electrons. The molecule has 2 rings (SSSR count). The summed E-state index contributed by atoms with van der Waals surface area (Å²) in [7, 11) is 2.09. The number of hydrogen-bond donors (Lipinski definition) is 0. The maximum absolute atomic E-state index is 12.1. The molecule has 0 aromatic carbocycles. The fourth-order valence-electron chi connectivity index (χ4n) is 2.55. The molecule has 6 heteroatoms. The summed E-state index contributed by atoms with van der Waals surface area (Å²) in [5, 5.41) is 0. The van der Waals surface area contributed by atoms with E-state index in [2.05, 4.69) is 32.9 Å². The number of likely N-dealkylation sites (tertiary alicyclic amines) is 1. The number of carbonyl (C=O) groups excluding carboxylic acids is 1. The van der Waals surface area contributed by atoms with Crippen molar-refractivity contribution in [1.82, 2.24) is 14.8 Å². The summed E-state index contributed by atoms with van der Waals surface area (Å²) >= 11 is 3.39. The molecule has 1 aromatic rings. The van der Waals surface area contributed by atoms with Crippen molar-refractivity contribution in [2.75, 3.05) is 20.1 Å². The van der Waals surface area contributed by atoms with Gasteiger partial charge in [0.15, 0.2) is 0 Å². The molecule has 1 aromatic heterocycles. The van der Waals surface area contributed by atoms with Crippen molar-refractivity contribution in [3.05, 3.63) is 28.5 Å². The Morgan fingerprint density at radius 1 is 1.55 bits per heavy atom. The van der Waals surface area contributed by atoms with E-state index in [1.807, 2.05) is 32.9 Å². The van der Waals surface area contributed by atoms with Crippen LogP contribution in [0.1, 0.15) is 32.8 Å². The van der Waals surface area contributed by atoms with Gasteiger partial charge in [0.1, 0.15) is 10.2 Å². The van der Waals surface area contributed by atoms with Crippen LogP contribution in [-0.2, 0) is 11.3 Å². The lowest BCUT2D eigenvalue weighted by atomic mass is 10.2. The van der Waals surface area contributed by atoms with Crippen molar-refractivity contribution < 1.29 is 9.53 Å². The average molecular weight is 370 g/mol. The van der Waals surface area contributed by atoms with Gasteiger partial charge in [-0.3, -0.25) is 4.90 Å². The normalized spacial score (nSPS) is 18.8. The van der Waals surface area contributed by atoms with E-state index < -0.39 is 5.60 Å². The molecule has 1 saturated heterocycles. The van der Waals surface area contributed by atoms with E-state index in [1.54, 1.807) is 11.1 Å². The molecule has 22 heavy (non-hydrogen) atoms. The molecule has 1 aliphatic heterocycles. The highest BCUT2D eigenvalue weighted by Crippen LogP contribution is 2.20. The number of ether oxygens (including phenoxy) is 1. The minimum atomic E-state index is -0.440. The zero-order valence-corrected chi connectivity index (χ0v) is 15.3. The van der Waals surface area contributed by atoms with Crippen LogP contribution in [-0.4, -0.2) is 52.7 Å². The lowest BCUT2D eigenvalue weighted by Gasteiger charge is -2.26. The molecule has 1 fully saturated rings. The number of halogens is 1. The molecule has 1 unspecified atom stereocenters. The number of hydrogen-bond acceptors (Lipinski definition) is 4. The number of pyridine rings is 1. The molecule has 1 aliphatic rings. The molecule has 1 atom stereocenters. The number of aromatic nitrogens is 1. The molecular formula is C16H24BrN3O2. The van der Waals surface area contributed by atoms with Crippen molar-refractivity contribution in [1.29, 1.82) is 0 Å². The molecule has 0 aliphatic carbocycles. The van der Waals surface area contributed by atoms with Crippen LogP contribution >= 0.6 is 15.9 Å². The minimum Gasteiger partial charge on any atom is -0.444 e. The quantitative estimate of drug-likeness (QED) is 0.766. The average Bonchev–Trinajstić information content (AvgIpc) is 2.86. The van der Waals surface area contributed by atoms with Crippen molar-refractivity contribution in [3.8, 4) is 0 Å². The third-order valence-corrected chi connectivity index (χ3v) is 4.10. The Morgan fingerprint density at radius 3 is 2.91 bits per heavy atom. The molecule has 0 saturated carbocycles. The number of carbonyl (C=O) groups is 1. The summed E-state index contributed by atoms with van der Waals surface area (Å²) in [6.07, 6.45) is 2.56. The van der Waals surface area contributed by atoms with Crippen molar-refractivity contribution in [2.45, 2.75) is 45.4 Å². The van der Waals surface area contributed by atoms with Crippen LogP contribution in [0.3, 0.4) is 0 Å². The van der Waals surface area contributed by atoms with Gasteiger partial charge in [-0.15, -0.1) is 0 Å². The van der Waals surface area contributed by atoms with E-state index in [9.17, 15) is 4.79 Å². The Kier molecular flexibility index (Phi) is 5.45. The summed E-state index contributed by atoms with van der Waals surface area (Å²) < 4.78 is 6.29. The second-order valence-corrected chi connectivity index (χ2v) is 7.58. The first-order valence-electron chi connectivity index (χ1n) is 7.53. The lowest BCUT2D eigenvalue weighted by Crippen LogP contribution is -2.38. The maximum Gasteiger partial charge on any atom is 0.410 e. The first kappa shape index (κ1) is 17.2. The monoisotopic (exact) mass is 369 g/mol. The summed E-state index contributed by atoms with van der Waals surface area (Å²) in [5.74, 6) is 0. The molecule has 122 valence electrons. The van der Waals surface area contributed by atoms with E-state index in [0.717, 1.165) is 30.7 Å². The zero-order chi connectivity index (χ0) is 16.3. The summed E-state index contributed by atoms with van der Waals surface area (Å²) in [6, 6.07) is 4.40. The standard InChI is InChI=1S/C16H24BrN3O2/c1-16(2,3)22-15(21)20-8-6-13(11-20)19(4)10-12-5-7-18-14(17)9-12/h5,7,9,13H,6,8,10-11H2,1-4H3. The lowest BCUT2D eigenvalue weighted by molar-refractivity contribution is 0.0282. The van der Waals surface area contributed by atoms with Crippen LogP contribution in [0.5, 0.6) is 0 Å². The number of rotatable bonds is 3. The Bertz CT molecular complexity index is 530. The van der Waals surface area contributed by atoms with Crippen LogP contribution in [0.2, 0.25) is 0 Å². The predicted octanol–water partition coefficient (Wildman–Crippen LogP) is 3.29. The molecular weight excluding hydrogens is 346 g/mol. The van der Waals surface area contributed by atoms with Crippen LogP contribution in [0.4, 0.5) is 4.79 Å². The summed E-state index contributed by atoms with van der Waals surface area (Å²) in [4.78, 5) is 20.3. The molecule has 0 spiro atoms. The van der Waals surface area contributed by atoms with Crippen molar-refractivity contribution >= 4 is 22.0 Å². The van der Waals surface area contributed by atoms with E-state index in [1.165, 1.54) is 5.56 Å². The smallest absolute Gasteiger partial charge is 0.410 e. The highest BCUT2D eigenvalue weighted by Gasteiger charge is 2.31. The highest BCUT2D eigenvalue weighted by molar-refractivity contribution is 9.10. The van der Waals surface area contributed by atoms with Crippen molar-refractivity contribution in [3.63, 3.8) is 0 Å². The minimum absolute atomic E-state index is 0.213. The van der Waals surface area contributed by atoms with Gasteiger partial charge < -0.3 is 9.64 Å². The largest absolute Gasteiger partial charge is 0.444 e. The van der Waals surface area contributed by atoms with Gasteiger partial charge in [0.05, 0.1) is 0 Å². The van der Waals surface area contributed by atoms with Gasteiger partial charge in [0.25, 0.3) is 0 Å². The van der Waals surface area contributed by atoms with Crippen LogP contribution in [0.25, 0.3) is 0 Å². The van der Waals surface area contributed by atoms with Crippen molar-refractivity contribution in [2.24, 2.45) is 0 Å². The fraction of sp³-hybridized carbons (Fsp3) is 0.625. The number of amides is 1. The molecule has 5 nitrogen and oxygen atoms in total. The molecule has 0 N–H and O–H groups in total. The van der Waals surface area contributed by atoms with Crippen LogP contribution in [0.15, 0.2) is 22.9 Å². The third kappa shape index (κ3) is 4.95. The van der Waals surface area contributed by atoms with Gasteiger partial charge in [0.2, 0.25) is 0 Å². The highest BCUT2D eigenvalue weighted by atomic mass is 79.9. The SMILES string of the molecule is CN(Cc1ccnc(Br)c1)C1CCN(C(=O)OC(C)(C)C)C1. The molecule has 1 amide bonds. The van der Waals surface area contributed by atoms with Gasteiger partial charge in [0, 0.05) is 31.9 Å². The van der Waals surface area contributed by atoms with Crippen LogP contribution in [0, 0.1) is 0 Å². The molecule has 2 heterocycles. The maximum atomic E-state index is 12.1. The third-order valence-electron chi connectivity index (χ3n) is 3.66. The van der Waals surface area contributed by atoms with Gasteiger partial charge >= 0.3 is 6.09 Å². The predicted molar refractivity (Wildman–Crippen MR) is 89.6 cm³/mol. The zero-order valence-electron chi connectivity index (χ0n) is 13.7. The summed E-state index contributed by atoms with van der Waals surface area (Å²) in [6.45, 7) is 8.00. The first-order chi connectivity index (χ1) is 10.2. The topological polar surface area (TPSA) is 45.7 Å². The Morgan fingerprint density at radius 2 is 2.27 bits per heavy atom. The first-order valence-corrected chi connectivity index (χ1v) is 8.32. The number of nitrogens with zero attached hydrogens (tertiary/aromatic N) is 3. The Labute approximate surface area is 140 Å². The Balaban J connectivity index is 1.88. The van der Waals surface area contributed by atoms with Gasteiger partial charge in [-0.05, 0) is 67.9 Å². The van der Waals surface area contributed by atoms with Gasteiger partial charge in [-0.25, -0.2) is 9.78 Å². The van der Waals surface area contributed by atoms with E-state index in [-0.39, 0.29) is 6.09 Å². The number of likely N-dealkylation sites (N-methyl/N-ethyl adjacent to an activating group) is 1. The second kappa shape index (κ2) is 6.96. The van der Waals surface area contributed by atoms with Gasteiger partial charge in [-0.1, -0.05) is 0 Å². The van der Waals surface area contributed by atoms with E-state index in [0.29, 0.717) is 6.04 Å². The summed E-state index contributed by atoms with van der Waals surface area (Å²) in [5.41, 5.74) is 0.768. The molecule has 0 bridgehead atoms.